The number of primary amides is 1. The van der Waals surface area contributed by atoms with Crippen LogP contribution in [0, 0.1) is 23.7 Å². The van der Waals surface area contributed by atoms with E-state index >= 15 is 0 Å². The fourth-order valence-electron chi connectivity index (χ4n) is 6.68. The second-order valence-electron chi connectivity index (χ2n) is 13.6. The van der Waals surface area contributed by atoms with E-state index in [1.807, 2.05) is 52.9 Å². The summed E-state index contributed by atoms with van der Waals surface area (Å²) in [5.41, 5.74) is 7.84. The van der Waals surface area contributed by atoms with Crippen molar-refractivity contribution >= 4 is 69.9 Å². The molecule has 3 amide bonds. The lowest BCUT2D eigenvalue weighted by Crippen LogP contribution is -2.46. The lowest BCUT2D eigenvalue weighted by molar-refractivity contribution is -0.147. The van der Waals surface area contributed by atoms with Gasteiger partial charge in [0.2, 0.25) is 5.91 Å². The smallest absolute Gasteiger partial charge is 0.408 e. The van der Waals surface area contributed by atoms with Crippen molar-refractivity contribution in [3.8, 4) is 23.1 Å². The molecule has 13 heteroatoms. The maximum absolute atomic E-state index is 13.6. The summed E-state index contributed by atoms with van der Waals surface area (Å²) < 4.78 is 13.1. The van der Waals surface area contributed by atoms with Gasteiger partial charge in [0.15, 0.2) is 0 Å². The highest BCUT2D eigenvalue weighted by atomic mass is 35.5. The van der Waals surface area contributed by atoms with Gasteiger partial charge in [-0.25, -0.2) is 9.59 Å². The third kappa shape index (κ3) is 9.07. The monoisotopic (exact) mass is 724 g/mol. The van der Waals surface area contributed by atoms with Gasteiger partial charge in [0.1, 0.15) is 16.0 Å². The second kappa shape index (κ2) is 15.4. The number of ether oxygens (including phenoxy) is 2. The maximum atomic E-state index is 13.6. The van der Waals surface area contributed by atoms with E-state index in [4.69, 9.17) is 39.0 Å². The fraction of sp³-hybridized carbons (Fsp3) is 0.472. The Bertz CT molecular complexity index is 1740. The van der Waals surface area contributed by atoms with E-state index in [2.05, 4.69) is 17.2 Å². The number of nitrogens with two attached hydrogens (primary N) is 1. The van der Waals surface area contributed by atoms with E-state index in [9.17, 15) is 19.2 Å². The summed E-state index contributed by atoms with van der Waals surface area (Å²) in [7, 11) is 1.94. The van der Waals surface area contributed by atoms with Crippen LogP contribution in [0.25, 0.3) is 17.3 Å². The van der Waals surface area contributed by atoms with Crippen molar-refractivity contribution in [1.82, 2.24) is 14.8 Å². The van der Waals surface area contributed by atoms with Crippen LogP contribution in [-0.4, -0.2) is 62.0 Å². The molecule has 260 valence electrons. The summed E-state index contributed by atoms with van der Waals surface area (Å²) in [6.45, 7) is 5.06. The predicted octanol–water partition coefficient (Wildman–Crippen LogP) is 6.18. The second-order valence-corrected chi connectivity index (χ2v) is 15.7. The number of hydrogen-bond donors (Lipinski definition) is 2. The molecule has 2 heterocycles. The van der Waals surface area contributed by atoms with Gasteiger partial charge < -0.3 is 25.1 Å². The SMILES string of the molecule is Cn1c(/C=C2\SC(=S)N(C3CC4CCC3C4)C2=O)cc(C#CCCCOC(=O)[C@H](CC(N)=O)NC(=O)OC(C)(C)C)c1-c1ccc(Cl)cc1. The molecule has 1 saturated heterocycles. The van der Waals surface area contributed by atoms with E-state index in [0.717, 1.165) is 28.9 Å². The number of esters is 1. The molecule has 2 aliphatic carbocycles. The Morgan fingerprint density at radius 1 is 1.20 bits per heavy atom. The summed E-state index contributed by atoms with van der Waals surface area (Å²) >= 11 is 13.2. The number of hydrogen-bond acceptors (Lipinski definition) is 8. The lowest BCUT2D eigenvalue weighted by Gasteiger charge is -2.30. The average molecular weight is 725 g/mol. The number of thioether (sulfide) groups is 1. The van der Waals surface area contributed by atoms with Crippen LogP contribution >= 0.6 is 35.6 Å². The highest BCUT2D eigenvalue weighted by Gasteiger charge is 2.48. The molecule has 5 rings (SSSR count). The summed E-state index contributed by atoms with van der Waals surface area (Å²) in [5, 5.41) is 2.97. The first-order valence-electron chi connectivity index (χ1n) is 16.4. The van der Waals surface area contributed by atoms with Gasteiger partial charge in [0.05, 0.1) is 29.2 Å². The van der Waals surface area contributed by atoms with Crippen LogP contribution in [0.1, 0.15) is 77.0 Å². The Kier molecular flexibility index (Phi) is 11.5. The molecular formula is C36H41ClN4O6S2. The number of nitrogens with zero attached hydrogens (tertiary/aromatic N) is 2. The highest BCUT2D eigenvalue weighted by Crippen LogP contribution is 2.49. The normalized spacial score (nSPS) is 21.4. The first kappa shape index (κ1) is 36.5. The summed E-state index contributed by atoms with van der Waals surface area (Å²) in [4.78, 5) is 52.4. The number of nitrogens with one attached hydrogen (secondary N) is 1. The average Bonchev–Trinajstić information content (AvgIpc) is 3.78. The molecule has 2 saturated carbocycles. The first-order chi connectivity index (χ1) is 23.2. The Morgan fingerprint density at radius 3 is 2.57 bits per heavy atom. The van der Waals surface area contributed by atoms with Crippen molar-refractivity contribution in [2.45, 2.75) is 83.4 Å². The third-order valence-corrected chi connectivity index (χ3v) is 10.4. The molecule has 2 bridgehead atoms. The molecule has 3 fully saturated rings. The van der Waals surface area contributed by atoms with Crippen molar-refractivity contribution in [3.05, 3.63) is 51.5 Å². The van der Waals surface area contributed by atoms with E-state index < -0.39 is 36.0 Å². The standard InChI is InChI=1S/C36H41ClN4O6S2/c1-36(2,3)47-34(45)39-27(20-30(38)42)33(44)46-15-7-5-6-8-24-18-26(40(4)31(24)22-11-13-25(37)14-12-22)19-29-32(43)41(35(48)49-29)28-17-21-9-10-23(28)16-21/h11-14,18-19,21,23,27-28H,5,7,9-10,15-17,20H2,1-4H3,(H2,38,42)(H,39,45)/b29-19-/t21?,23?,27-,28?/m0/s1. The van der Waals surface area contributed by atoms with Gasteiger partial charge >= 0.3 is 12.1 Å². The maximum Gasteiger partial charge on any atom is 0.408 e. The topological polar surface area (TPSA) is 133 Å². The zero-order chi connectivity index (χ0) is 35.5. The number of rotatable bonds is 10. The molecule has 4 atom stereocenters. The predicted molar refractivity (Wildman–Crippen MR) is 194 cm³/mol. The molecule has 49 heavy (non-hydrogen) atoms. The number of carbonyl (C=O) groups is 4. The van der Waals surface area contributed by atoms with Gasteiger partial charge in [0, 0.05) is 30.2 Å². The zero-order valence-corrected chi connectivity index (χ0v) is 30.4. The van der Waals surface area contributed by atoms with Gasteiger partial charge in [-0.2, -0.15) is 0 Å². The number of alkyl carbamates (subject to hydrolysis) is 1. The van der Waals surface area contributed by atoms with Crippen molar-refractivity contribution in [2.75, 3.05) is 6.61 Å². The van der Waals surface area contributed by atoms with Crippen LogP contribution < -0.4 is 11.1 Å². The summed E-state index contributed by atoms with van der Waals surface area (Å²) in [5.74, 6) is 6.07. The molecule has 1 aliphatic heterocycles. The Balaban J connectivity index is 1.27. The van der Waals surface area contributed by atoms with Crippen LogP contribution in [0.15, 0.2) is 35.2 Å². The molecular weight excluding hydrogens is 684 g/mol. The molecule has 2 aromatic rings. The van der Waals surface area contributed by atoms with Gasteiger partial charge in [-0.1, -0.05) is 66.0 Å². The molecule has 0 spiro atoms. The number of amides is 3. The number of fused-ring (bicyclic) bond motifs is 2. The molecule has 3 unspecified atom stereocenters. The Labute approximate surface area is 301 Å². The van der Waals surface area contributed by atoms with Crippen LogP contribution in [0.4, 0.5) is 4.79 Å². The number of carbonyl (C=O) groups excluding carboxylic acids is 4. The molecule has 3 N–H and O–H groups in total. The number of benzene rings is 1. The van der Waals surface area contributed by atoms with Gasteiger partial charge in [-0.05, 0) is 88.1 Å². The lowest BCUT2D eigenvalue weighted by atomic mass is 9.94. The molecule has 10 nitrogen and oxygen atoms in total. The molecule has 0 radical (unpaired) electrons. The zero-order valence-electron chi connectivity index (χ0n) is 28.0. The van der Waals surface area contributed by atoms with E-state index in [0.29, 0.717) is 38.9 Å². The number of aromatic nitrogens is 1. The Morgan fingerprint density at radius 2 is 1.94 bits per heavy atom. The van der Waals surface area contributed by atoms with Crippen molar-refractivity contribution in [1.29, 1.82) is 0 Å². The molecule has 1 aromatic heterocycles. The van der Waals surface area contributed by atoms with Gasteiger partial charge in [-0.3, -0.25) is 14.5 Å². The van der Waals surface area contributed by atoms with E-state index in [-0.39, 0.29) is 18.6 Å². The Hall–Kier alpha value is -3.79. The van der Waals surface area contributed by atoms with Crippen LogP contribution in [0.3, 0.4) is 0 Å². The van der Waals surface area contributed by atoms with E-state index in [1.165, 1.54) is 31.0 Å². The van der Waals surface area contributed by atoms with Gasteiger partial charge in [0.25, 0.3) is 5.91 Å². The summed E-state index contributed by atoms with van der Waals surface area (Å²) in [6.07, 6.45) is 6.07. The van der Waals surface area contributed by atoms with E-state index in [1.54, 1.807) is 20.8 Å². The fourth-order valence-corrected chi connectivity index (χ4v) is 8.16. The summed E-state index contributed by atoms with van der Waals surface area (Å²) in [6, 6.07) is 8.38. The number of halogens is 1. The third-order valence-electron chi connectivity index (χ3n) is 8.82. The van der Waals surface area contributed by atoms with Crippen molar-refractivity contribution < 1.29 is 28.7 Å². The number of unbranched alkanes of at least 4 members (excludes halogenated alkanes) is 1. The molecule has 1 aromatic carbocycles. The van der Waals surface area contributed by atoms with Crippen LogP contribution in [-0.2, 0) is 30.9 Å². The first-order valence-corrected chi connectivity index (χ1v) is 18.0. The number of thiocarbonyl (C=S) groups is 1. The minimum atomic E-state index is -1.27. The van der Waals surface area contributed by atoms with Crippen molar-refractivity contribution in [3.63, 3.8) is 0 Å². The molecule has 3 aliphatic rings. The minimum absolute atomic E-state index is 0.0211. The highest BCUT2D eigenvalue weighted by molar-refractivity contribution is 8.26. The quantitative estimate of drug-likeness (QED) is 0.0977. The van der Waals surface area contributed by atoms with Crippen LogP contribution in [0.5, 0.6) is 0 Å². The van der Waals surface area contributed by atoms with Gasteiger partial charge in [-0.15, -0.1) is 0 Å². The van der Waals surface area contributed by atoms with Crippen molar-refractivity contribution in [2.24, 2.45) is 24.6 Å². The largest absolute Gasteiger partial charge is 0.464 e. The van der Waals surface area contributed by atoms with Crippen LogP contribution in [0.2, 0.25) is 5.02 Å². The minimum Gasteiger partial charge on any atom is -0.464 e.